The lowest BCUT2D eigenvalue weighted by Gasteiger charge is -2.17. The van der Waals surface area contributed by atoms with Crippen LogP contribution in [0.5, 0.6) is 0 Å². The zero-order chi connectivity index (χ0) is 14.4. The van der Waals surface area contributed by atoms with Gasteiger partial charge in [0, 0.05) is 6.04 Å². The fraction of sp³-hybridized carbons (Fsp3) is 0.368. The van der Waals surface area contributed by atoms with Gasteiger partial charge in [0.25, 0.3) is 0 Å². The van der Waals surface area contributed by atoms with Gasteiger partial charge >= 0.3 is 0 Å². The number of aryl methyl sites for hydroxylation is 3. The predicted molar refractivity (Wildman–Crippen MR) is 87.1 cm³/mol. The van der Waals surface area contributed by atoms with Crippen LogP contribution < -0.4 is 5.32 Å². The summed E-state index contributed by atoms with van der Waals surface area (Å²) in [5.74, 6) is 0. The first kappa shape index (κ1) is 14.8. The van der Waals surface area contributed by atoms with Gasteiger partial charge in [-0.15, -0.1) is 0 Å². The molecule has 0 aliphatic rings. The van der Waals surface area contributed by atoms with E-state index in [0.29, 0.717) is 6.04 Å². The van der Waals surface area contributed by atoms with Gasteiger partial charge < -0.3 is 5.32 Å². The third kappa shape index (κ3) is 3.71. The summed E-state index contributed by atoms with van der Waals surface area (Å²) in [6.07, 6.45) is 3.36. The van der Waals surface area contributed by atoms with Gasteiger partial charge in [0.05, 0.1) is 0 Å². The maximum Gasteiger partial charge on any atom is 0.0320 e. The highest BCUT2D eigenvalue weighted by molar-refractivity contribution is 5.28. The summed E-state index contributed by atoms with van der Waals surface area (Å²) < 4.78 is 0. The number of hydrogen-bond acceptors (Lipinski definition) is 1. The lowest BCUT2D eigenvalue weighted by Crippen LogP contribution is -2.17. The van der Waals surface area contributed by atoms with E-state index in [1.54, 1.807) is 0 Å². The van der Waals surface area contributed by atoms with Crippen molar-refractivity contribution in [3.05, 3.63) is 70.8 Å². The minimum absolute atomic E-state index is 0.431. The quantitative estimate of drug-likeness (QED) is 0.815. The molecule has 0 saturated carbocycles. The van der Waals surface area contributed by atoms with Gasteiger partial charge in [0.2, 0.25) is 0 Å². The second kappa shape index (κ2) is 7.25. The Bertz CT molecular complexity index is 528. The Hall–Kier alpha value is -1.60. The standard InChI is InChI=1S/C19H25N/c1-4-16-9-11-18(12-10-16)19(20-3)14-13-17-8-6-5-7-15(17)2/h5-12,19-20H,4,13-14H2,1-3H3. The maximum atomic E-state index is 3.45. The van der Waals surface area contributed by atoms with Gasteiger partial charge in [0.15, 0.2) is 0 Å². The van der Waals surface area contributed by atoms with Gasteiger partial charge in [-0.05, 0) is 55.5 Å². The summed E-state index contributed by atoms with van der Waals surface area (Å²) in [6, 6.07) is 18.1. The molecule has 1 N–H and O–H groups in total. The fourth-order valence-electron chi connectivity index (χ4n) is 2.65. The van der Waals surface area contributed by atoms with E-state index in [1.807, 2.05) is 0 Å². The second-order valence-electron chi connectivity index (χ2n) is 5.40. The van der Waals surface area contributed by atoms with E-state index in [9.17, 15) is 0 Å². The minimum atomic E-state index is 0.431. The summed E-state index contributed by atoms with van der Waals surface area (Å²) in [4.78, 5) is 0. The smallest absolute Gasteiger partial charge is 0.0320 e. The molecule has 106 valence electrons. The fourth-order valence-corrected chi connectivity index (χ4v) is 2.65. The molecule has 2 aromatic rings. The first-order chi connectivity index (χ1) is 9.74. The van der Waals surface area contributed by atoms with Crippen LogP contribution in [0, 0.1) is 6.92 Å². The molecule has 0 amide bonds. The predicted octanol–water partition coefficient (Wildman–Crippen LogP) is 4.45. The van der Waals surface area contributed by atoms with E-state index in [4.69, 9.17) is 0 Å². The Morgan fingerprint density at radius 3 is 2.30 bits per heavy atom. The van der Waals surface area contributed by atoms with Crippen molar-refractivity contribution in [1.82, 2.24) is 5.32 Å². The van der Waals surface area contributed by atoms with E-state index >= 15 is 0 Å². The normalized spacial score (nSPS) is 12.3. The number of benzene rings is 2. The van der Waals surface area contributed by atoms with Crippen LogP contribution >= 0.6 is 0 Å². The zero-order valence-electron chi connectivity index (χ0n) is 12.8. The largest absolute Gasteiger partial charge is 0.313 e. The minimum Gasteiger partial charge on any atom is -0.313 e. The SMILES string of the molecule is CCc1ccc(C(CCc2ccccc2C)NC)cc1. The third-order valence-corrected chi connectivity index (χ3v) is 4.10. The van der Waals surface area contributed by atoms with E-state index in [0.717, 1.165) is 19.3 Å². The summed E-state index contributed by atoms with van der Waals surface area (Å²) in [5, 5.41) is 3.45. The average Bonchev–Trinajstić information content (AvgIpc) is 2.50. The summed E-state index contributed by atoms with van der Waals surface area (Å²) in [5.41, 5.74) is 5.64. The molecule has 0 aliphatic carbocycles. The van der Waals surface area contributed by atoms with Crippen molar-refractivity contribution in [2.45, 2.75) is 39.2 Å². The van der Waals surface area contributed by atoms with Crippen LogP contribution in [0.3, 0.4) is 0 Å². The van der Waals surface area contributed by atoms with Crippen LogP contribution in [0.4, 0.5) is 0 Å². The average molecular weight is 267 g/mol. The van der Waals surface area contributed by atoms with E-state index in [1.165, 1.54) is 22.3 Å². The Balaban J connectivity index is 2.03. The first-order valence-corrected chi connectivity index (χ1v) is 7.55. The lowest BCUT2D eigenvalue weighted by atomic mass is 9.96. The molecule has 2 aromatic carbocycles. The molecular formula is C19H25N. The van der Waals surface area contributed by atoms with Crippen LogP contribution in [0.15, 0.2) is 48.5 Å². The van der Waals surface area contributed by atoms with Crippen LogP contribution in [0.2, 0.25) is 0 Å². The van der Waals surface area contributed by atoms with E-state index in [-0.39, 0.29) is 0 Å². The molecule has 0 aliphatic heterocycles. The first-order valence-electron chi connectivity index (χ1n) is 7.55. The van der Waals surface area contributed by atoms with Gasteiger partial charge in [-0.3, -0.25) is 0 Å². The molecule has 20 heavy (non-hydrogen) atoms. The topological polar surface area (TPSA) is 12.0 Å². The van der Waals surface area contributed by atoms with Gasteiger partial charge in [-0.1, -0.05) is 55.5 Å². The second-order valence-corrected chi connectivity index (χ2v) is 5.40. The zero-order valence-corrected chi connectivity index (χ0v) is 12.8. The van der Waals surface area contributed by atoms with E-state index in [2.05, 4.69) is 74.7 Å². The molecule has 0 heterocycles. The molecule has 0 saturated heterocycles. The maximum absolute atomic E-state index is 3.45. The number of hydrogen-bond donors (Lipinski definition) is 1. The molecule has 1 unspecified atom stereocenters. The monoisotopic (exact) mass is 267 g/mol. The highest BCUT2D eigenvalue weighted by Gasteiger charge is 2.09. The highest BCUT2D eigenvalue weighted by Crippen LogP contribution is 2.21. The molecular weight excluding hydrogens is 242 g/mol. The third-order valence-electron chi connectivity index (χ3n) is 4.10. The molecule has 1 heteroatoms. The lowest BCUT2D eigenvalue weighted by molar-refractivity contribution is 0.548. The van der Waals surface area contributed by atoms with Gasteiger partial charge in [-0.25, -0.2) is 0 Å². The van der Waals surface area contributed by atoms with Crippen molar-refractivity contribution < 1.29 is 0 Å². The van der Waals surface area contributed by atoms with Crippen LogP contribution in [-0.2, 0) is 12.8 Å². The van der Waals surface area contributed by atoms with Crippen molar-refractivity contribution >= 4 is 0 Å². The molecule has 0 fully saturated rings. The Labute approximate surface area is 123 Å². The molecule has 0 spiro atoms. The number of rotatable bonds is 6. The summed E-state index contributed by atoms with van der Waals surface area (Å²) >= 11 is 0. The highest BCUT2D eigenvalue weighted by atomic mass is 14.9. The van der Waals surface area contributed by atoms with E-state index < -0.39 is 0 Å². The van der Waals surface area contributed by atoms with Crippen molar-refractivity contribution in [3.63, 3.8) is 0 Å². The van der Waals surface area contributed by atoms with Crippen LogP contribution in [0.25, 0.3) is 0 Å². The Morgan fingerprint density at radius 2 is 1.70 bits per heavy atom. The van der Waals surface area contributed by atoms with Crippen molar-refractivity contribution in [2.24, 2.45) is 0 Å². The molecule has 1 nitrogen and oxygen atoms in total. The molecule has 2 rings (SSSR count). The van der Waals surface area contributed by atoms with Gasteiger partial charge in [0.1, 0.15) is 0 Å². The molecule has 0 bridgehead atoms. The van der Waals surface area contributed by atoms with Crippen molar-refractivity contribution in [1.29, 1.82) is 0 Å². The number of nitrogens with one attached hydrogen (secondary N) is 1. The molecule has 0 aromatic heterocycles. The van der Waals surface area contributed by atoms with Gasteiger partial charge in [-0.2, -0.15) is 0 Å². The summed E-state index contributed by atoms with van der Waals surface area (Å²) in [7, 11) is 2.05. The molecule has 0 radical (unpaired) electrons. The van der Waals surface area contributed by atoms with Crippen molar-refractivity contribution in [2.75, 3.05) is 7.05 Å². The molecule has 1 atom stereocenters. The summed E-state index contributed by atoms with van der Waals surface area (Å²) in [6.45, 7) is 4.39. The Kier molecular flexibility index (Phi) is 5.37. The van der Waals surface area contributed by atoms with Crippen molar-refractivity contribution in [3.8, 4) is 0 Å². The Morgan fingerprint density at radius 1 is 1.00 bits per heavy atom. The van der Waals surface area contributed by atoms with Crippen LogP contribution in [-0.4, -0.2) is 7.05 Å². The van der Waals surface area contributed by atoms with Crippen LogP contribution in [0.1, 0.15) is 41.6 Å².